The predicted molar refractivity (Wildman–Crippen MR) is 119 cm³/mol. The third-order valence-electron chi connectivity index (χ3n) is 4.06. The average Bonchev–Trinajstić information content (AvgIpc) is 3.49. The van der Waals surface area contributed by atoms with Gasteiger partial charge in [-0.25, -0.2) is 29.9 Å². The van der Waals surface area contributed by atoms with E-state index in [1.807, 2.05) is 14.1 Å². The van der Waals surface area contributed by atoms with Crippen molar-refractivity contribution in [3.63, 3.8) is 0 Å². The first-order valence-electron chi connectivity index (χ1n) is 8.81. The average molecular weight is 492 g/mol. The fourth-order valence-electron chi connectivity index (χ4n) is 2.59. The largest absolute Gasteiger partial charge is 0.273 e. The van der Waals surface area contributed by atoms with Gasteiger partial charge >= 0.3 is 0 Å². The van der Waals surface area contributed by atoms with Crippen molar-refractivity contribution in [2.75, 3.05) is 0 Å². The van der Waals surface area contributed by atoms with Crippen LogP contribution >= 0.6 is 34.8 Å². The lowest BCUT2D eigenvalue weighted by atomic mass is 10.4. The van der Waals surface area contributed by atoms with E-state index in [2.05, 4.69) is 50.3 Å². The molecule has 32 heavy (non-hydrogen) atoms. The Morgan fingerprint density at radius 2 is 1.41 bits per heavy atom. The molecule has 0 saturated heterocycles. The van der Waals surface area contributed by atoms with Crippen molar-refractivity contribution < 1.29 is 0 Å². The van der Waals surface area contributed by atoms with Crippen molar-refractivity contribution in [3.05, 3.63) is 53.0 Å². The van der Waals surface area contributed by atoms with Crippen LogP contribution < -0.4 is 0 Å². The van der Waals surface area contributed by atoms with Gasteiger partial charge in [-0.15, -0.1) is 0 Å². The van der Waals surface area contributed by atoms with E-state index in [0.717, 1.165) is 21.8 Å². The molecule has 6 aromatic rings. The zero-order valence-corrected chi connectivity index (χ0v) is 18.8. The van der Waals surface area contributed by atoms with Gasteiger partial charge in [0, 0.05) is 20.3 Å². The molecule has 1 N–H and O–H groups in total. The number of halogens is 3. The summed E-state index contributed by atoms with van der Waals surface area (Å²) in [5.41, 5.74) is 2.05. The molecule has 0 saturated carbocycles. The minimum Gasteiger partial charge on any atom is -0.273 e. The molecule has 6 aromatic heterocycles. The lowest BCUT2D eigenvalue weighted by molar-refractivity contribution is 0.775. The maximum atomic E-state index is 5.77. The fraction of sp³-hybridized carbons (Fsp3) is 0.118. The van der Waals surface area contributed by atoms with Gasteiger partial charge in [-0.2, -0.15) is 15.3 Å². The minimum absolute atomic E-state index is 0.429. The smallest absolute Gasteiger partial charge is 0.185 e. The Morgan fingerprint density at radius 1 is 0.750 bits per heavy atom. The number of nitrogens with zero attached hydrogens (tertiary/aromatic N) is 11. The van der Waals surface area contributed by atoms with Crippen LogP contribution in [-0.4, -0.2) is 59.7 Å². The van der Waals surface area contributed by atoms with Crippen LogP contribution in [0.5, 0.6) is 0 Å². The lowest BCUT2D eigenvalue weighted by Crippen LogP contribution is -1.91. The van der Waals surface area contributed by atoms with Crippen LogP contribution in [0.4, 0.5) is 0 Å². The molecule has 15 heteroatoms. The summed E-state index contributed by atoms with van der Waals surface area (Å²) < 4.78 is 3.31. The number of aromatic amines is 1. The van der Waals surface area contributed by atoms with E-state index in [4.69, 9.17) is 34.8 Å². The molecule has 0 atom stereocenters. The second-order valence-corrected chi connectivity index (χ2v) is 7.25. The first-order chi connectivity index (χ1) is 15.4. The van der Waals surface area contributed by atoms with Crippen molar-refractivity contribution in [2.24, 2.45) is 14.1 Å². The Balaban J connectivity index is 0.000000115. The van der Waals surface area contributed by atoms with Gasteiger partial charge in [0.1, 0.15) is 34.4 Å². The van der Waals surface area contributed by atoms with Crippen molar-refractivity contribution in [1.82, 2.24) is 59.7 Å². The molecule has 0 aliphatic carbocycles. The molecular formula is C17H13Cl3N12. The van der Waals surface area contributed by atoms with Gasteiger partial charge in [0.25, 0.3) is 0 Å². The second-order valence-electron chi connectivity index (χ2n) is 6.17. The second kappa shape index (κ2) is 9.34. The highest BCUT2D eigenvalue weighted by molar-refractivity contribution is 6.34. The molecular weight excluding hydrogens is 479 g/mol. The van der Waals surface area contributed by atoms with Crippen LogP contribution in [0.15, 0.2) is 37.6 Å². The Kier molecular flexibility index (Phi) is 6.35. The number of fused-ring (bicyclic) bond motifs is 3. The number of H-pyrrole nitrogens is 1. The van der Waals surface area contributed by atoms with Crippen LogP contribution in [-0.2, 0) is 14.1 Å². The van der Waals surface area contributed by atoms with E-state index in [1.165, 1.54) is 19.0 Å². The molecule has 0 amide bonds. The monoisotopic (exact) mass is 490 g/mol. The molecule has 0 bridgehead atoms. The summed E-state index contributed by atoms with van der Waals surface area (Å²) in [6, 6.07) is 0. The van der Waals surface area contributed by atoms with Gasteiger partial charge in [0.2, 0.25) is 0 Å². The summed E-state index contributed by atoms with van der Waals surface area (Å²) in [5.74, 6) is 0. The van der Waals surface area contributed by atoms with Gasteiger partial charge in [-0.1, -0.05) is 34.8 Å². The number of aryl methyl sites for hydroxylation is 2. The molecule has 0 aliphatic rings. The molecule has 0 aliphatic heterocycles. The molecule has 0 aromatic carbocycles. The third-order valence-corrected chi connectivity index (χ3v) is 4.97. The summed E-state index contributed by atoms with van der Waals surface area (Å²) in [5, 5.41) is 18.1. The summed E-state index contributed by atoms with van der Waals surface area (Å²) in [6.45, 7) is 0. The molecule has 0 fully saturated rings. The van der Waals surface area contributed by atoms with E-state index < -0.39 is 0 Å². The van der Waals surface area contributed by atoms with Crippen LogP contribution in [0, 0.1) is 0 Å². The standard InChI is InChI=1S/2C6H5ClN4.C5H3ClN4/c1-11-2-4-5(7)8-3-9-6(4)10-11;1-11-6-4(2-10-11)5(7)8-3-9-6;6-4-3-1-9-10-5(3)8-2-7-4/h2*2-3H,1H3;1-2H,(H,7,8,9,10). The first kappa shape index (κ1) is 21.7. The van der Waals surface area contributed by atoms with Crippen LogP contribution in [0.2, 0.25) is 15.5 Å². The number of rotatable bonds is 0. The van der Waals surface area contributed by atoms with E-state index in [-0.39, 0.29) is 0 Å². The SMILES string of the molecule is Clc1ncnc2[nH]ncc12.Cn1cc2c(Cl)ncnc2n1.Cn1ncc2c(Cl)ncnc21. The number of hydrogen-bond donors (Lipinski definition) is 1. The summed E-state index contributed by atoms with van der Waals surface area (Å²) in [4.78, 5) is 23.2. The quantitative estimate of drug-likeness (QED) is 0.317. The summed E-state index contributed by atoms with van der Waals surface area (Å²) in [6.07, 6.45) is 9.25. The van der Waals surface area contributed by atoms with Crippen molar-refractivity contribution in [2.45, 2.75) is 0 Å². The number of nitrogens with one attached hydrogen (secondary N) is 1. The first-order valence-corrected chi connectivity index (χ1v) is 9.95. The zero-order chi connectivity index (χ0) is 22.7. The van der Waals surface area contributed by atoms with Crippen LogP contribution in [0.3, 0.4) is 0 Å². The number of aromatic nitrogens is 12. The number of hydrogen-bond acceptors (Lipinski definition) is 9. The van der Waals surface area contributed by atoms with Gasteiger partial charge in [0.05, 0.1) is 28.6 Å². The van der Waals surface area contributed by atoms with E-state index in [9.17, 15) is 0 Å². The maximum Gasteiger partial charge on any atom is 0.185 e. The normalized spacial score (nSPS) is 10.7. The lowest BCUT2D eigenvalue weighted by Gasteiger charge is -1.91. The molecule has 162 valence electrons. The minimum atomic E-state index is 0.429. The highest BCUT2D eigenvalue weighted by Crippen LogP contribution is 2.17. The Morgan fingerprint density at radius 3 is 2.09 bits per heavy atom. The third kappa shape index (κ3) is 4.56. The van der Waals surface area contributed by atoms with Gasteiger partial charge in [0.15, 0.2) is 16.9 Å². The van der Waals surface area contributed by atoms with Crippen LogP contribution in [0.25, 0.3) is 33.1 Å². The summed E-state index contributed by atoms with van der Waals surface area (Å²) in [7, 11) is 3.63. The van der Waals surface area contributed by atoms with Gasteiger partial charge in [-0.05, 0) is 0 Å². The molecule has 0 spiro atoms. The Hall–Kier alpha value is -3.48. The molecule has 12 nitrogen and oxygen atoms in total. The topological polar surface area (TPSA) is 142 Å². The Labute approximate surface area is 194 Å². The van der Waals surface area contributed by atoms with Gasteiger partial charge in [-0.3, -0.25) is 14.5 Å². The van der Waals surface area contributed by atoms with Crippen LogP contribution in [0.1, 0.15) is 0 Å². The maximum absolute atomic E-state index is 5.77. The van der Waals surface area contributed by atoms with Crippen molar-refractivity contribution in [1.29, 1.82) is 0 Å². The fourth-order valence-corrected chi connectivity index (χ4v) is 3.13. The van der Waals surface area contributed by atoms with E-state index in [0.29, 0.717) is 26.8 Å². The van der Waals surface area contributed by atoms with Crippen molar-refractivity contribution >= 4 is 67.9 Å². The van der Waals surface area contributed by atoms with Crippen molar-refractivity contribution in [3.8, 4) is 0 Å². The van der Waals surface area contributed by atoms with E-state index in [1.54, 1.807) is 28.0 Å². The zero-order valence-electron chi connectivity index (χ0n) is 16.5. The predicted octanol–water partition coefficient (Wildman–Crippen LogP) is 3.04. The molecule has 0 unspecified atom stereocenters. The molecule has 6 heterocycles. The highest BCUT2D eigenvalue weighted by atomic mass is 35.5. The molecule has 0 radical (unpaired) electrons. The molecule has 6 rings (SSSR count). The Bertz CT molecular complexity index is 1490. The van der Waals surface area contributed by atoms with E-state index >= 15 is 0 Å². The summed E-state index contributed by atoms with van der Waals surface area (Å²) >= 11 is 17.2. The van der Waals surface area contributed by atoms with Gasteiger partial charge < -0.3 is 0 Å². The highest BCUT2D eigenvalue weighted by Gasteiger charge is 2.04.